The van der Waals surface area contributed by atoms with Gasteiger partial charge in [0.05, 0.1) is 5.41 Å². The Morgan fingerprint density at radius 2 is 1.83 bits per heavy atom. The number of hydrogen-bond donors (Lipinski definition) is 1. The number of carboxylic acid groups (broad SMARTS) is 1. The van der Waals surface area contributed by atoms with Crippen molar-refractivity contribution >= 4 is 11.9 Å². The van der Waals surface area contributed by atoms with Crippen LogP contribution >= 0.6 is 0 Å². The van der Waals surface area contributed by atoms with Crippen molar-refractivity contribution in [3.63, 3.8) is 0 Å². The minimum absolute atomic E-state index is 0.111. The third-order valence-electron chi connectivity index (χ3n) is 4.69. The van der Waals surface area contributed by atoms with E-state index in [4.69, 9.17) is 0 Å². The molecule has 1 aromatic heterocycles. The Morgan fingerprint density at radius 3 is 2.43 bits per heavy atom. The van der Waals surface area contributed by atoms with Gasteiger partial charge in [0.2, 0.25) is 0 Å². The summed E-state index contributed by atoms with van der Waals surface area (Å²) in [5.41, 5.74) is 1.75. The van der Waals surface area contributed by atoms with Crippen LogP contribution in [0.2, 0.25) is 0 Å². The van der Waals surface area contributed by atoms with Crippen LogP contribution in [0, 0.1) is 5.41 Å². The predicted octanol–water partition coefficient (Wildman–Crippen LogP) is 2.63. The van der Waals surface area contributed by atoms with E-state index >= 15 is 0 Å². The molecule has 5 nitrogen and oxygen atoms in total. The smallest absolute Gasteiger partial charge is 0.311 e. The molecule has 0 bridgehead atoms. The Kier molecular flexibility index (Phi) is 3.72. The Labute approximate surface area is 135 Å². The average molecular weight is 312 g/mol. The highest BCUT2D eigenvalue weighted by Crippen LogP contribution is 2.31. The van der Waals surface area contributed by atoms with E-state index in [1.54, 1.807) is 17.9 Å². The molecule has 1 N–H and O–H groups in total. The summed E-state index contributed by atoms with van der Waals surface area (Å²) in [7, 11) is 1.86. The van der Waals surface area contributed by atoms with Gasteiger partial charge in [0.15, 0.2) is 0 Å². The molecule has 2 aromatic rings. The molecule has 0 aliphatic carbocycles. The highest BCUT2D eigenvalue weighted by molar-refractivity contribution is 5.94. The lowest BCUT2D eigenvalue weighted by Crippen LogP contribution is -2.35. The van der Waals surface area contributed by atoms with Crippen molar-refractivity contribution in [2.75, 3.05) is 13.1 Å². The van der Waals surface area contributed by atoms with Crippen LogP contribution in [0.3, 0.4) is 0 Å². The molecule has 5 heteroatoms. The van der Waals surface area contributed by atoms with Crippen molar-refractivity contribution in [3.8, 4) is 11.3 Å². The summed E-state index contributed by atoms with van der Waals surface area (Å²) in [5.74, 6) is -0.954. The largest absolute Gasteiger partial charge is 0.481 e. The van der Waals surface area contributed by atoms with Crippen molar-refractivity contribution in [2.45, 2.75) is 13.3 Å². The Morgan fingerprint density at radius 1 is 1.13 bits per heavy atom. The van der Waals surface area contributed by atoms with Gasteiger partial charge in [-0.05, 0) is 31.0 Å². The first kappa shape index (κ1) is 15.3. The van der Waals surface area contributed by atoms with E-state index < -0.39 is 11.4 Å². The van der Waals surface area contributed by atoms with Crippen molar-refractivity contribution in [3.05, 3.63) is 48.2 Å². The quantitative estimate of drug-likeness (QED) is 0.947. The van der Waals surface area contributed by atoms with E-state index in [0.717, 1.165) is 11.3 Å². The van der Waals surface area contributed by atoms with Gasteiger partial charge in [-0.2, -0.15) is 0 Å². The van der Waals surface area contributed by atoms with Crippen molar-refractivity contribution < 1.29 is 14.7 Å². The molecule has 3 rings (SSSR count). The summed E-state index contributed by atoms with van der Waals surface area (Å²) in [6.45, 7) is 2.43. The van der Waals surface area contributed by atoms with Crippen LogP contribution in [0.15, 0.2) is 42.5 Å². The molecule has 0 spiro atoms. The summed E-state index contributed by atoms with van der Waals surface area (Å²) in [4.78, 5) is 25.7. The molecule has 0 saturated carbocycles. The molecule has 23 heavy (non-hydrogen) atoms. The van der Waals surface area contributed by atoms with Crippen molar-refractivity contribution in [1.29, 1.82) is 0 Å². The summed E-state index contributed by atoms with van der Waals surface area (Å²) >= 11 is 0. The zero-order valence-electron chi connectivity index (χ0n) is 13.3. The molecular formula is C18H20N2O3. The molecule has 0 radical (unpaired) electrons. The molecule has 1 amide bonds. The van der Waals surface area contributed by atoms with Crippen LogP contribution in [0.5, 0.6) is 0 Å². The zero-order valence-corrected chi connectivity index (χ0v) is 13.3. The SMILES string of the molecule is Cn1c(C(=O)N2CCC(C)(C(=O)O)C2)ccc1-c1ccccc1. The van der Waals surface area contributed by atoms with Gasteiger partial charge in [-0.1, -0.05) is 30.3 Å². The predicted molar refractivity (Wildman–Crippen MR) is 87.1 cm³/mol. The number of carboxylic acids is 1. The number of hydrogen-bond acceptors (Lipinski definition) is 2. The summed E-state index contributed by atoms with van der Waals surface area (Å²) in [5, 5.41) is 9.31. The standard InChI is InChI=1S/C18H20N2O3/c1-18(17(22)23)10-11-20(12-18)16(21)15-9-8-14(19(15)2)13-6-4-3-5-7-13/h3-9H,10-12H2,1-2H3,(H,22,23). The maximum atomic E-state index is 12.7. The summed E-state index contributed by atoms with van der Waals surface area (Å²) in [6, 6.07) is 13.6. The van der Waals surface area contributed by atoms with Crippen molar-refractivity contribution in [2.24, 2.45) is 12.5 Å². The van der Waals surface area contributed by atoms with Gasteiger partial charge in [-0.3, -0.25) is 9.59 Å². The topological polar surface area (TPSA) is 62.5 Å². The first-order valence-corrected chi connectivity index (χ1v) is 7.66. The fourth-order valence-corrected chi connectivity index (χ4v) is 3.10. The van der Waals surface area contributed by atoms with E-state index in [1.165, 1.54) is 0 Å². The number of amides is 1. The lowest BCUT2D eigenvalue weighted by Gasteiger charge is -2.20. The maximum absolute atomic E-state index is 12.7. The van der Waals surface area contributed by atoms with Gasteiger partial charge in [0.25, 0.3) is 5.91 Å². The highest BCUT2D eigenvalue weighted by atomic mass is 16.4. The van der Waals surface area contributed by atoms with Crippen LogP contribution in [0.4, 0.5) is 0 Å². The highest BCUT2D eigenvalue weighted by Gasteiger charge is 2.42. The van der Waals surface area contributed by atoms with Gasteiger partial charge in [-0.15, -0.1) is 0 Å². The van der Waals surface area contributed by atoms with Gasteiger partial charge < -0.3 is 14.6 Å². The first-order valence-electron chi connectivity index (χ1n) is 7.66. The van der Waals surface area contributed by atoms with E-state index in [9.17, 15) is 14.7 Å². The van der Waals surface area contributed by atoms with Crippen LogP contribution in [0.25, 0.3) is 11.3 Å². The van der Waals surface area contributed by atoms with Gasteiger partial charge in [-0.25, -0.2) is 0 Å². The molecule has 1 aliphatic heterocycles. The second kappa shape index (κ2) is 5.57. The van der Waals surface area contributed by atoms with Gasteiger partial charge >= 0.3 is 5.97 Å². The van der Waals surface area contributed by atoms with E-state index in [1.807, 2.05) is 48.0 Å². The molecule has 120 valence electrons. The number of rotatable bonds is 3. The third-order valence-corrected chi connectivity index (χ3v) is 4.69. The average Bonchev–Trinajstić information content (AvgIpc) is 3.12. The van der Waals surface area contributed by atoms with Crippen LogP contribution < -0.4 is 0 Å². The van der Waals surface area contributed by atoms with Gasteiger partial charge in [0, 0.05) is 25.8 Å². The minimum Gasteiger partial charge on any atom is -0.481 e. The lowest BCUT2D eigenvalue weighted by molar-refractivity contribution is -0.147. The van der Waals surface area contributed by atoms with Crippen LogP contribution in [-0.4, -0.2) is 39.5 Å². The van der Waals surface area contributed by atoms with Crippen LogP contribution in [-0.2, 0) is 11.8 Å². The van der Waals surface area contributed by atoms with E-state index in [2.05, 4.69) is 0 Å². The number of carbonyl (C=O) groups excluding carboxylic acids is 1. The Balaban J connectivity index is 1.85. The zero-order chi connectivity index (χ0) is 16.6. The fourth-order valence-electron chi connectivity index (χ4n) is 3.10. The molecule has 1 fully saturated rings. The first-order chi connectivity index (χ1) is 10.9. The van der Waals surface area contributed by atoms with E-state index in [0.29, 0.717) is 18.7 Å². The molecule has 1 aliphatic rings. The molecule has 1 atom stereocenters. The number of aliphatic carboxylic acids is 1. The monoisotopic (exact) mass is 312 g/mol. The summed E-state index contributed by atoms with van der Waals surface area (Å²) in [6.07, 6.45) is 0.490. The van der Waals surface area contributed by atoms with Crippen molar-refractivity contribution in [1.82, 2.24) is 9.47 Å². The number of carbonyl (C=O) groups is 2. The molecule has 1 saturated heterocycles. The van der Waals surface area contributed by atoms with E-state index in [-0.39, 0.29) is 12.5 Å². The Bertz CT molecular complexity index is 751. The Hall–Kier alpha value is -2.56. The normalized spacial score (nSPS) is 20.7. The number of likely N-dealkylation sites (tertiary alicyclic amines) is 1. The molecule has 2 heterocycles. The second-order valence-electron chi connectivity index (χ2n) is 6.37. The fraction of sp³-hybridized carbons (Fsp3) is 0.333. The molecular weight excluding hydrogens is 292 g/mol. The number of benzene rings is 1. The number of nitrogens with zero attached hydrogens (tertiary/aromatic N) is 2. The maximum Gasteiger partial charge on any atom is 0.311 e. The summed E-state index contributed by atoms with van der Waals surface area (Å²) < 4.78 is 1.87. The van der Waals surface area contributed by atoms with Gasteiger partial charge in [0.1, 0.15) is 5.69 Å². The molecule has 1 unspecified atom stereocenters. The minimum atomic E-state index is -0.844. The number of aromatic nitrogens is 1. The third kappa shape index (κ3) is 2.63. The van der Waals surface area contributed by atoms with Crippen LogP contribution in [0.1, 0.15) is 23.8 Å². The lowest BCUT2D eigenvalue weighted by atomic mass is 9.90. The molecule has 1 aromatic carbocycles. The second-order valence-corrected chi connectivity index (χ2v) is 6.37.